The Kier molecular flexibility index (Phi) is 21.7. The van der Waals surface area contributed by atoms with Crippen LogP contribution in [0.5, 0.6) is 0 Å². The standard InChI is InChI=1S/C35H54N2O22S.Na/c1-17-24(41)26(43)27(44)34(54-17)58-30-23(36-32(46)18-10-12-19(13-11-18)37(47)48)33(53-14-8-6-4-3-5-7-9-22(40)52-2)56-21(16-39)29(30)57-35-28(45)31(59-60(49,50)51)25(42)20(15-38)55-35;/h10-13,17,20-21,23-31,33-35,38-39,41-45H,3-9,14-16H2,1-2H3,(H,36,46)(H,49,50,51);/q;+1/p-1/t17-,20+,21+,23+,24+,25-,26+,27-,28+,29+,30+,31-,33+,34-,35-;/m0./s1. The zero-order valence-corrected chi connectivity index (χ0v) is 36.5. The van der Waals surface area contributed by atoms with Crippen LogP contribution in [0.2, 0.25) is 0 Å². The topological polar surface area (TPSA) is 362 Å². The van der Waals surface area contributed by atoms with Crippen molar-refractivity contribution in [2.24, 2.45) is 0 Å². The van der Waals surface area contributed by atoms with Gasteiger partial charge in [0.05, 0.1) is 31.4 Å². The van der Waals surface area contributed by atoms with E-state index in [1.807, 2.05) is 0 Å². The van der Waals surface area contributed by atoms with Gasteiger partial charge in [-0.1, -0.05) is 25.7 Å². The van der Waals surface area contributed by atoms with E-state index < -0.39 is 126 Å². The molecule has 61 heavy (non-hydrogen) atoms. The zero-order chi connectivity index (χ0) is 44.3. The van der Waals surface area contributed by atoms with Crippen LogP contribution >= 0.6 is 0 Å². The Balaban J connectivity index is 0.00000992. The maximum atomic E-state index is 13.8. The average Bonchev–Trinajstić information content (AvgIpc) is 3.21. The number of nitrogens with one attached hydrogen (secondary N) is 1. The summed E-state index contributed by atoms with van der Waals surface area (Å²) in [7, 11) is -4.28. The Morgan fingerprint density at radius 2 is 1.34 bits per heavy atom. The number of carbonyl (C=O) groups excluding carboxylic acids is 2. The van der Waals surface area contributed by atoms with Gasteiger partial charge < -0.3 is 78.8 Å². The molecular weight excluding hydrogens is 855 g/mol. The molecule has 8 N–H and O–H groups in total. The van der Waals surface area contributed by atoms with Crippen LogP contribution < -0.4 is 34.9 Å². The number of nitro benzene ring substituents is 1. The molecule has 0 radical (unpaired) electrons. The van der Waals surface area contributed by atoms with Crippen LogP contribution in [0.4, 0.5) is 5.69 Å². The van der Waals surface area contributed by atoms with E-state index in [0.29, 0.717) is 25.7 Å². The molecule has 26 heteroatoms. The molecule has 0 aliphatic carbocycles. The van der Waals surface area contributed by atoms with E-state index >= 15 is 0 Å². The quantitative estimate of drug-likeness (QED) is 0.0108. The maximum absolute atomic E-state index is 13.8. The number of nitrogens with zero attached hydrogens (tertiary/aromatic N) is 1. The van der Waals surface area contributed by atoms with Crippen molar-refractivity contribution < 1.29 is 130 Å². The van der Waals surface area contributed by atoms with Gasteiger partial charge in [0.25, 0.3) is 11.6 Å². The molecule has 1 aromatic rings. The van der Waals surface area contributed by atoms with Crippen LogP contribution in [-0.2, 0) is 52.5 Å². The third-order valence-electron chi connectivity index (χ3n) is 10.2. The summed E-state index contributed by atoms with van der Waals surface area (Å²) < 4.78 is 79.1. The summed E-state index contributed by atoms with van der Waals surface area (Å²) in [6, 6.07) is 2.84. The van der Waals surface area contributed by atoms with E-state index in [9.17, 15) is 68.4 Å². The Hall–Kier alpha value is -2.09. The molecule has 342 valence electrons. The fourth-order valence-electron chi connectivity index (χ4n) is 6.87. The summed E-state index contributed by atoms with van der Waals surface area (Å²) in [5, 5.41) is 88.0. The van der Waals surface area contributed by atoms with Crippen molar-refractivity contribution in [3.05, 3.63) is 39.9 Å². The number of nitro groups is 1. The first-order valence-corrected chi connectivity index (χ1v) is 20.5. The number of aliphatic hydroxyl groups is 7. The van der Waals surface area contributed by atoms with Crippen molar-refractivity contribution in [2.75, 3.05) is 26.9 Å². The van der Waals surface area contributed by atoms with Crippen LogP contribution in [0.1, 0.15) is 62.2 Å². The van der Waals surface area contributed by atoms with E-state index in [4.69, 9.17) is 28.4 Å². The number of unbranched alkanes of at least 4 members (excludes halogenated alkanes) is 5. The van der Waals surface area contributed by atoms with Gasteiger partial charge in [0.15, 0.2) is 18.9 Å². The molecule has 0 spiro atoms. The fraction of sp³-hybridized carbons (Fsp3) is 0.771. The average molecular weight is 909 g/mol. The van der Waals surface area contributed by atoms with Gasteiger partial charge in [0, 0.05) is 30.7 Å². The van der Waals surface area contributed by atoms with Crippen LogP contribution in [-0.4, -0.2) is 185 Å². The summed E-state index contributed by atoms with van der Waals surface area (Å²) in [5.41, 5.74) is -0.446. The van der Waals surface area contributed by atoms with Gasteiger partial charge in [0.1, 0.15) is 67.1 Å². The number of hydrogen-bond acceptors (Lipinski definition) is 22. The molecule has 24 nitrogen and oxygen atoms in total. The van der Waals surface area contributed by atoms with Crippen molar-refractivity contribution in [3.63, 3.8) is 0 Å². The molecule has 3 fully saturated rings. The molecule has 0 saturated carbocycles. The molecule has 1 aromatic carbocycles. The summed E-state index contributed by atoms with van der Waals surface area (Å²) in [5.74, 6) is -1.20. The number of hydrogen-bond donors (Lipinski definition) is 8. The number of rotatable bonds is 21. The third kappa shape index (κ3) is 14.7. The van der Waals surface area contributed by atoms with Crippen molar-refractivity contribution in [2.45, 2.75) is 144 Å². The fourth-order valence-corrected chi connectivity index (χ4v) is 7.37. The number of ether oxygens (including phenoxy) is 7. The first-order chi connectivity index (χ1) is 28.4. The third-order valence-corrected chi connectivity index (χ3v) is 10.6. The van der Waals surface area contributed by atoms with E-state index in [-0.39, 0.29) is 53.4 Å². The second kappa shape index (κ2) is 24.8. The Bertz CT molecular complexity index is 1650. The maximum Gasteiger partial charge on any atom is 1.00 e. The van der Waals surface area contributed by atoms with E-state index in [1.54, 1.807) is 0 Å². The van der Waals surface area contributed by atoms with Crippen molar-refractivity contribution in [3.8, 4) is 0 Å². The monoisotopic (exact) mass is 908 g/mol. The molecule has 3 heterocycles. The largest absolute Gasteiger partial charge is 1.00 e. The molecule has 0 unspecified atom stereocenters. The van der Waals surface area contributed by atoms with E-state index in [2.05, 4.69) is 14.2 Å². The number of non-ortho nitro benzene ring substituents is 1. The Morgan fingerprint density at radius 1 is 0.770 bits per heavy atom. The smallest absolute Gasteiger partial charge is 0.726 e. The van der Waals surface area contributed by atoms with E-state index in [1.165, 1.54) is 14.0 Å². The minimum absolute atomic E-state index is 0. The van der Waals surface area contributed by atoms with Crippen LogP contribution in [0.25, 0.3) is 0 Å². The molecular formula is C35H53N2NaO22S. The predicted octanol–water partition coefficient (Wildman–Crippen LogP) is -5.78. The minimum Gasteiger partial charge on any atom is -0.726 e. The summed E-state index contributed by atoms with van der Waals surface area (Å²) in [6.07, 6.45) is -21.1. The van der Waals surface area contributed by atoms with Crippen molar-refractivity contribution >= 4 is 28.0 Å². The van der Waals surface area contributed by atoms with Gasteiger partial charge >= 0.3 is 35.5 Å². The number of methoxy groups -OCH3 is 1. The van der Waals surface area contributed by atoms with Crippen molar-refractivity contribution in [1.82, 2.24) is 5.32 Å². The summed E-state index contributed by atoms with van der Waals surface area (Å²) in [4.78, 5) is 35.8. The molecule has 0 bridgehead atoms. The Morgan fingerprint density at radius 3 is 1.93 bits per heavy atom. The van der Waals surface area contributed by atoms with Crippen LogP contribution in [0, 0.1) is 10.1 Å². The van der Waals surface area contributed by atoms with Gasteiger partial charge in [0.2, 0.25) is 10.4 Å². The second-order valence-corrected chi connectivity index (χ2v) is 15.4. The van der Waals surface area contributed by atoms with Crippen LogP contribution in [0.3, 0.4) is 0 Å². The predicted molar refractivity (Wildman–Crippen MR) is 195 cm³/mol. The molecule has 3 aliphatic rings. The number of carbonyl (C=O) groups is 2. The number of esters is 1. The first kappa shape index (κ1) is 53.2. The molecule has 4 rings (SSSR count). The summed E-state index contributed by atoms with van der Waals surface area (Å²) >= 11 is 0. The number of benzene rings is 1. The molecule has 3 aliphatic heterocycles. The van der Waals surface area contributed by atoms with Crippen molar-refractivity contribution in [1.29, 1.82) is 0 Å². The van der Waals surface area contributed by atoms with Crippen LogP contribution in [0.15, 0.2) is 24.3 Å². The van der Waals surface area contributed by atoms with E-state index in [0.717, 1.165) is 43.5 Å². The van der Waals surface area contributed by atoms with Gasteiger partial charge in [-0.3, -0.25) is 23.9 Å². The zero-order valence-electron chi connectivity index (χ0n) is 33.7. The minimum atomic E-state index is -5.59. The number of aliphatic hydroxyl groups excluding tert-OH is 7. The van der Waals surface area contributed by atoms with Gasteiger partial charge in [-0.2, -0.15) is 0 Å². The molecule has 0 aromatic heterocycles. The molecule has 15 atom stereocenters. The van der Waals surface area contributed by atoms with Gasteiger partial charge in [-0.25, -0.2) is 8.42 Å². The molecule has 1 amide bonds. The first-order valence-electron chi connectivity index (χ1n) is 19.2. The Labute approximate surface area is 372 Å². The SMILES string of the molecule is COC(=O)CCCCCCCCO[C@@H]1O[C@H](CO)[C@@H](O[C@@H]2O[C@H](CO)[C@H](O)[C@H](OS(=O)(=O)[O-])[C@H]2O)[C@H](O[C@@H]2O[C@@H](C)[C@@H](O)[C@@H](O)[C@@H]2O)[C@H]1NC(=O)c1ccc([N+](=O)[O-])cc1.[Na+]. The second-order valence-electron chi connectivity index (χ2n) is 14.4. The van der Waals surface area contributed by atoms with Gasteiger partial charge in [-0.15, -0.1) is 0 Å². The van der Waals surface area contributed by atoms with Gasteiger partial charge in [-0.05, 0) is 31.9 Å². The molecule has 3 saturated heterocycles. The summed E-state index contributed by atoms with van der Waals surface area (Å²) in [6.45, 7) is -0.607. The normalized spacial score (nSPS) is 34.2. The number of amides is 1.